The Balaban J connectivity index is 1.62. The minimum Gasteiger partial charge on any atom is -0.497 e. The van der Waals surface area contributed by atoms with E-state index in [-0.39, 0.29) is 17.9 Å². The minimum atomic E-state index is -0.520. The Labute approximate surface area is 195 Å². The second-order valence-electron chi connectivity index (χ2n) is 8.33. The van der Waals surface area contributed by atoms with Crippen molar-refractivity contribution in [2.75, 3.05) is 12.9 Å². The molecule has 1 saturated carbocycles. The lowest BCUT2D eigenvalue weighted by molar-refractivity contribution is -0.140. The smallest absolute Gasteiger partial charge is 0.242 e. The molecule has 2 aromatic carbocycles. The summed E-state index contributed by atoms with van der Waals surface area (Å²) >= 11 is 1.74. The number of benzene rings is 2. The highest BCUT2D eigenvalue weighted by Gasteiger charge is 2.28. The van der Waals surface area contributed by atoms with Gasteiger partial charge in [-0.1, -0.05) is 55.3 Å². The highest BCUT2D eigenvalue weighted by molar-refractivity contribution is 7.98. The highest BCUT2D eigenvalue weighted by Crippen LogP contribution is 2.20. The maximum atomic E-state index is 13.2. The molecule has 172 valence electrons. The Morgan fingerprint density at radius 1 is 1.09 bits per heavy atom. The van der Waals surface area contributed by atoms with Crippen LogP contribution < -0.4 is 10.1 Å². The first kappa shape index (κ1) is 24.2. The second kappa shape index (κ2) is 12.5. The highest BCUT2D eigenvalue weighted by atomic mass is 32.2. The standard InChI is InChI=1S/C26H34N2O3S/c1-20(26(30)27-23-12-6-7-13-23)28(18-22-11-8-14-24(17-22)31-2)25(29)15-16-32-19-21-9-4-3-5-10-21/h3-5,8-11,14,17,20,23H,6-7,12-13,15-16,18-19H2,1-2H3,(H,27,30)/t20-/m1/s1. The summed E-state index contributed by atoms with van der Waals surface area (Å²) in [6, 6.07) is 17.7. The first-order chi connectivity index (χ1) is 15.6. The van der Waals surface area contributed by atoms with Crippen molar-refractivity contribution in [3.8, 4) is 5.75 Å². The molecule has 0 aliphatic heterocycles. The maximum absolute atomic E-state index is 13.2. The van der Waals surface area contributed by atoms with E-state index in [0.29, 0.717) is 13.0 Å². The van der Waals surface area contributed by atoms with Crippen molar-refractivity contribution in [1.29, 1.82) is 0 Å². The number of carbonyl (C=O) groups excluding carboxylic acids is 2. The van der Waals surface area contributed by atoms with E-state index in [1.54, 1.807) is 23.8 Å². The summed E-state index contributed by atoms with van der Waals surface area (Å²) in [7, 11) is 1.63. The number of nitrogens with one attached hydrogen (secondary N) is 1. The molecule has 0 spiro atoms. The van der Waals surface area contributed by atoms with Gasteiger partial charge < -0.3 is 15.0 Å². The van der Waals surface area contributed by atoms with Crippen molar-refractivity contribution >= 4 is 23.6 Å². The fourth-order valence-corrected chi connectivity index (χ4v) is 4.90. The lowest BCUT2D eigenvalue weighted by Gasteiger charge is -2.30. The van der Waals surface area contributed by atoms with Gasteiger partial charge >= 0.3 is 0 Å². The molecule has 32 heavy (non-hydrogen) atoms. The van der Waals surface area contributed by atoms with Gasteiger partial charge in [-0.2, -0.15) is 11.8 Å². The van der Waals surface area contributed by atoms with Crippen LogP contribution in [0.3, 0.4) is 0 Å². The van der Waals surface area contributed by atoms with E-state index in [1.807, 2.05) is 49.4 Å². The summed E-state index contributed by atoms with van der Waals surface area (Å²) in [6.07, 6.45) is 4.77. The number of methoxy groups -OCH3 is 1. The van der Waals surface area contributed by atoms with Crippen molar-refractivity contribution in [3.05, 3.63) is 65.7 Å². The van der Waals surface area contributed by atoms with Crippen LogP contribution in [0.25, 0.3) is 0 Å². The van der Waals surface area contributed by atoms with Gasteiger partial charge in [0.25, 0.3) is 0 Å². The van der Waals surface area contributed by atoms with E-state index in [0.717, 1.165) is 48.5 Å². The number of hydrogen-bond acceptors (Lipinski definition) is 4. The van der Waals surface area contributed by atoms with E-state index in [9.17, 15) is 9.59 Å². The van der Waals surface area contributed by atoms with Gasteiger partial charge in [0, 0.05) is 30.5 Å². The van der Waals surface area contributed by atoms with E-state index < -0.39 is 6.04 Å². The summed E-state index contributed by atoms with van der Waals surface area (Å²) in [5.41, 5.74) is 2.21. The predicted molar refractivity (Wildman–Crippen MR) is 131 cm³/mol. The van der Waals surface area contributed by atoms with Gasteiger partial charge in [-0.05, 0) is 43.0 Å². The molecule has 1 aliphatic rings. The largest absolute Gasteiger partial charge is 0.497 e. The number of carbonyl (C=O) groups is 2. The normalized spacial score (nSPS) is 14.7. The van der Waals surface area contributed by atoms with Crippen LogP contribution in [-0.2, 0) is 21.9 Å². The maximum Gasteiger partial charge on any atom is 0.242 e. The molecular formula is C26H34N2O3S. The molecule has 1 aliphatic carbocycles. The van der Waals surface area contributed by atoms with E-state index in [4.69, 9.17) is 4.74 Å². The third-order valence-electron chi connectivity index (χ3n) is 5.93. The molecular weight excluding hydrogens is 420 g/mol. The van der Waals surface area contributed by atoms with Gasteiger partial charge in [-0.15, -0.1) is 0 Å². The molecule has 2 amide bonds. The molecule has 0 bridgehead atoms. The van der Waals surface area contributed by atoms with E-state index >= 15 is 0 Å². The topological polar surface area (TPSA) is 58.6 Å². The van der Waals surface area contributed by atoms with E-state index in [2.05, 4.69) is 17.4 Å². The summed E-state index contributed by atoms with van der Waals surface area (Å²) in [4.78, 5) is 27.8. The number of thioether (sulfide) groups is 1. The summed E-state index contributed by atoms with van der Waals surface area (Å²) < 4.78 is 5.33. The number of hydrogen-bond donors (Lipinski definition) is 1. The third kappa shape index (κ3) is 7.30. The first-order valence-electron chi connectivity index (χ1n) is 11.4. The molecule has 1 fully saturated rings. The van der Waals surface area contributed by atoms with Gasteiger partial charge in [0.05, 0.1) is 7.11 Å². The molecule has 6 heteroatoms. The quantitative estimate of drug-likeness (QED) is 0.496. The molecule has 0 saturated heterocycles. The van der Waals surface area contributed by atoms with Gasteiger partial charge in [-0.25, -0.2) is 0 Å². The zero-order valence-corrected chi connectivity index (χ0v) is 19.9. The van der Waals surface area contributed by atoms with Crippen LogP contribution in [0.15, 0.2) is 54.6 Å². The fourth-order valence-electron chi connectivity index (χ4n) is 4.01. The summed E-state index contributed by atoms with van der Waals surface area (Å²) in [6.45, 7) is 2.22. The zero-order chi connectivity index (χ0) is 22.8. The SMILES string of the molecule is COc1cccc(CN(C(=O)CCSCc2ccccc2)[C@H](C)C(=O)NC2CCCC2)c1. The summed E-state index contributed by atoms with van der Waals surface area (Å²) in [5.74, 6) is 2.28. The van der Waals surface area contributed by atoms with Crippen LogP contribution in [0, 0.1) is 0 Å². The van der Waals surface area contributed by atoms with Gasteiger partial charge in [0.2, 0.25) is 11.8 Å². The number of amides is 2. The molecule has 0 radical (unpaired) electrons. The molecule has 2 aromatic rings. The van der Waals surface area contributed by atoms with Crippen molar-refractivity contribution in [1.82, 2.24) is 10.2 Å². The molecule has 1 atom stereocenters. The van der Waals surface area contributed by atoms with Crippen molar-refractivity contribution in [2.24, 2.45) is 0 Å². The van der Waals surface area contributed by atoms with Crippen LogP contribution in [0.2, 0.25) is 0 Å². The molecule has 1 N–H and O–H groups in total. The Hall–Kier alpha value is -2.47. The Bertz CT molecular complexity index is 868. The van der Waals surface area contributed by atoms with Crippen molar-refractivity contribution < 1.29 is 14.3 Å². The van der Waals surface area contributed by atoms with Gasteiger partial charge in [0.15, 0.2) is 0 Å². The predicted octanol–water partition coefficient (Wildman–Crippen LogP) is 4.79. The number of rotatable bonds is 11. The fraction of sp³-hybridized carbons (Fsp3) is 0.462. The van der Waals surface area contributed by atoms with Gasteiger partial charge in [-0.3, -0.25) is 9.59 Å². The average molecular weight is 455 g/mol. The minimum absolute atomic E-state index is 0.00227. The molecule has 0 heterocycles. The van der Waals surface area contributed by atoms with Gasteiger partial charge in [0.1, 0.15) is 11.8 Å². The second-order valence-corrected chi connectivity index (χ2v) is 9.43. The number of ether oxygens (including phenoxy) is 1. The van der Waals surface area contributed by atoms with Crippen LogP contribution >= 0.6 is 11.8 Å². The van der Waals surface area contributed by atoms with Crippen molar-refractivity contribution in [3.63, 3.8) is 0 Å². The first-order valence-corrected chi connectivity index (χ1v) is 12.6. The van der Waals surface area contributed by atoms with E-state index in [1.165, 1.54) is 5.56 Å². The monoisotopic (exact) mass is 454 g/mol. The Morgan fingerprint density at radius 3 is 2.53 bits per heavy atom. The molecule has 3 rings (SSSR count). The van der Waals surface area contributed by atoms with Crippen LogP contribution in [0.5, 0.6) is 5.75 Å². The molecule has 0 aromatic heterocycles. The van der Waals surface area contributed by atoms with Crippen LogP contribution in [0.1, 0.15) is 50.2 Å². The lowest BCUT2D eigenvalue weighted by Crippen LogP contribution is -2.49. The molecule has 0 unspecified atom stereocenters. The van der Waals surface area contributed by atoms with Crippen molar-refractivity contribution in [2.45, 2.75) is 63.4 Å². The van der Waals surface area contributed by atoms with Crippen LogP contribution in [-0.4, -0.2) is 41.7 Å². The average Bonchev–Trinajstić information content (AvgIpc) is 3.33. The number of nitrogens with zero attached hydrogens (tertiary/aromatic N) is 1. The zero-order valence-electron chi connectivity index (χ0n) is 19.1. The summed E-state index contributed by atoms with van der Waals surface area (Å²) in [5, 5.41) is 3.15. The molecule has 5 nitrogen and oxygen atoms in total. The van der Waals surface area contributed by atoms with Crippen LogP contribution in [0.4, 0.5) is 0 Å². The Kier molecular flexibility index (Phi) is 9.47. The lowest BCUT2D eigenvalue weighted by atomic mass is 10.1. The Morgan fingerprint density at radius 2 is 1.81 bits per heavy atom. The third-order valence-corrected chi connectivity index (χ3v) is 6.96.